The number of imidazole rings is 1. The summed E-state index contributed by atoms with van der Waals surface area (Å²) >= 11 is 0. The van der Waals surface area contributed by atoms with Gasteiger partial charge in [0.2, 0.25) is 0 Å². The summed E-state index contributed by atoms with van der Waals surface area (Å²) < 4.78 is 25.8. The maximum Gasteiger partial charge on any atom is 0.167 e. The first-order valence-corrected chi connectivity index (χ1v) is 14.4. The Morgan fingerprint density at radius 1 is 0.864 bits per heavy atom. The summed E-state index contributed by atoms with van der Waals surface area (Å²) in [5.74, 6) is 1.14. The van der Waals surface area contributed by atoms with Gasteiger partial charge in [-0.1, -0.05) is 54.6 Å². The smallest absolute Gasteiger partial charge is 0.167 e. The lowest BCUT2D eigenvalue weighted by Crippen LogP contribution is -2.35. The van der Waals surface area contributed by atoms with Crippen LogP contribution in [0.3, 0.4) is 0 Å². The van der Waals surface area contributed by atoms with Crippen LogP contribution < -0.4 is 15.2 Å². The Labute approximate surface area is 254 Å². The molecule has 1 aliphatic rings. The lowest BCUT2D eigenvalue weighted by atomic mass is 9.80. The highest BCUT2D eigenvalue weighted by atomic mass is 16.5. The fraction of sp³-hybridized carbons (Fsp3) is 0.303. The first-order chi connectivity index (χ1) is 21.5. The number of ether oxygens (including phenoxy) is 4. The molecule has 228 valence electrons. The molecule has 0 bridgehead atoms. The fourth-order valence-corrected chi connectivity index (χ4v) is 5.99. The summed E-state index contributed by atoms with van der Waals surface area (Å²) in [5.41, 5.74) is 8.57. The van der Waals surface area contributed by atoms with Gasteiger partial charge in [-0.15, -0.1) is 0 Å². The van der Waals surface area contributed by atoms with E-state index in [-0.39, 0.29) is 19.0 Å². The molecule has 0 spiro atoms. The van der Waals surface area contributed by atoms with Crippen molar-refractivity contribution in [3.63, 3.8) is 0 Å². The maximum atomic E-state index is 11.2. The standard InChI is InChI=1S/C33H35N5O6/c1-41-24-12-8-22(9-13-24)33(21-6-4-3-5-7-21,23-10-14-25(42-2)15-11-23)43-17-16-27-26(18-39)29(40)32(44-27)38-20-37-28-30(34)35-19-36-31(28)38/h3-15,19-20,26-27,29,32,39-40H,16-18H2,1-2H3,(H2,34,35,36)/t26-,27-,29-,32-/m1/s1. The topological polar surface area (TPSA) is 147 Å². The van der Waals surface area contributed by atoms with E-state index >= 15 is 0 Å². The Hall–Kier alpha value is -4.55. The zero-order chi connectivity index (χ0) is 30.7. The molecule has 0 aliphatic carbocycles. The Morgan fingerprint density at radius 3 is 2.07 bits per heavy atom. The summed E-state index contributed by atoms with van der Waals surface area (Å²) in [5, 5.41) is 21.5. The van der Waals surface area contributed by atoms with E-state index in [1.54, 1.807) is 18.8 Å². The number of rotatable bonds is 11. The molecule has 0 unspecified atom stereocenters. The van der Waals surface area contributed by atoms with Gasteiger partial charge in [0.25, 0.3) is 0 Å². The van der Waals surface area contributed by atoms with Crippen molar-refractivity contribution in [1.29, 1.82) is 0 Å². The van der Waals surface area contributed by atoms with E-state index in [4.69, 9.17) is 24.7 Å². The van der Waals surface area contributed by atoms with Crippen LogP contribution in [0, 0.1) is 5.92 Å². The lowest BCUT2D eigenvalue weighted by molar-refractivity contribution is -0.0555. The third-order valence-corrected chi connectivity index (χ3v) is 8.29. The first-order valence-electron chi connectivity index (χ1n) is 14.4. The van der Waals surface area contributed by atoms with Crippen LogP contribution in [0.4, 0.5) is 5.82 Å². The number of fused-ring (bicyclic) bond motifs is 1. The summed E-state index contributed by atoms with van der Waals surface area (Å²) in [6.07, 6.45) is 0.901. The first kappa shape index (κ1) is 29.5. The molecule has 6 rings (SSSR count). The predicted molar refractivity (Wildman–Crippen MR) is 163 cm³/mol. The van der Waals surface area contributed by atoms with Crippen molar-refractivity contribution in [3.8, 4) is 11.5 Å². The van der Waals surface area contributed by atoms with Crippen molar-refractivity contribution in [2.45, 2.75) is 30.5 Å². The van der Waals surface area contributed by atoms with Crippen LogP contribution in [0.5, 0.6) is 11.5 Å². The molecule has 1 saturated heterocycles. The molecule has 2 aromatic heterocycles. The second-order valence-corrected chi connectivity index (χ2v) is 10.6. The Morgan fingerprint density at radius 2 is 1.48 bits per heavy atom. The van der Waals surface area contributed by atoms with Crippen LogP contribution in [0.1, 0.15) is 29.3 Å². The molecule has 1 aliphatic heterocycles. The summed E-state index contributed by atoms with van der Waals surface area (Å²) in [6.45, 7) is -0.0276. The van der Waals surface area contributed by atoms with Crippen LogP contribution in [-0.2, 0) is 15.1 Å². The molecule has 0 amide bonds. The minimum absolute atomic E-state index is 0.235. The van der Waals surface area contributed by atoms with E-state index in [1.165, 1.54) is 12.7 Å². The monoisotopic (exact) mass is 597 g/mol. The van der Waals surface area contributed by atoms with Gasteiger partial charge in [-0.25, -0.2) is 15.0 Å². The number of hydrogen-bond acceptors (Lipinski definition) is 10. The van der Waals surface area contributed by atoms with Crippen molar-refractivity contribution in [2.24, 2.45) is 5.92 Å². The largest absolute Gasteiger partial charge is 0.497 e. The van der Waals surface area contributed by atoms with Crippen LogP contribution in [0.25, 0.3) is 11.2 Å². The second kappa shape index (κ2) is 12.6. The van der Waals surface area contributed by atoms with E-state index in [1.807, 2.05) is 78.9 Å². The molecule has 4 atom stereocenters. The van der Waals surface area contributed by atoms with Crippen LogP contribution >= 0.6 is 0 Å². The van der Waals surface area contributed by atoms with Gasteiger partial charge < -0.3 is 34.9 Å². The van der Waals surface area contributed by atoms with E-state index in [2.05, 4.69) is 15.0 Å². The molecule has 3 aromatic carbocycles. The number of nitrogens with zero attached hydrogens (tertiary/aromatic N) is 4. The predicted octanol–water partition coefficient (Wildman–Crippen LogP) is 3.69. The Kier molecular flexibility index (Phi) is 8.45. The van der Waals surface area contributed by atoms with Gasteiger partial charge >= 0.3 is 0 Å². The lowest BCUT2D eigenvalue weighted by Gasteiger charge is -2.36. The highest BCUT2D eigenvalue weighted by Crippen LogP contribution is 2.43. The van der Waals surface area contributed by atoms with E-state index < -0.39 is 30.0 Å². The number of nitrogens with two attached hydrogens (primary N) is 1. The van der Waals surface area contributed by atoms with Crippen molar-refractivity contribution in [3.05, 3.63) is 108 Å². The van der Waals surface area contributed by atoms with E-state index in [9.17, 15) is 10.2 Å². The average Bonchev–Trinajstić information content (AvgIpc) is 3.64. The zero-order valence-electron chi connectivity index (χ0n) is 24.5. The van der Waals surface area contributed by atoms with Gasteiger partial charge in [-0.2, -0.15) is 0 Å². The minimum Gasteiger partial charge on any atom is -0.497 e. The molecule has 0 radical (unpaired) electrons. The molecular weight excluding hydrogens is 562 g/mol. The summed E-state index contributed by atoms with van der Waals surface area (Å²) in [6, 6.07) is 25.6. The number of benzene rings is 3. The number of hydrogen-bond donors (Lipinski definition) is 3. The fourth-order valence-electron chi connectivity index (χ4n) is 5.99. The Bertz CT molecular complexity index is 1630. The highest BCUT2D eigenvalue weighted by Gasteiger charge is 2.45. The summed E-state index contributed by atoms with van der Waals surface area (Å²) in [4.78, 5) is 12.6. The average molecular weight is 598 g/mol. The maximum absolute atomic E-state index is 11.2. The number of anilines is 1. The van der Waals surface area contributed by atoms with Gasteiger partial charge in [0.15, 0.2) is 17.7 Å². The van der Waals surface area contributed by atoms with Gasteiger partial charge in [0.1, 0.15) is 35.0 Å². The quantitative estimate of drug-likeness (QED) is 0.193. The van der Waals surface area contributed by atoms with Crippen molar-refractivity contribution < 1.29 is 29.2 Å². The van der Waals surface area contributed by atoms with E-state index in [0.717, 1.165) is 28.2 Å². The minimum atomic E-state index is -1.01. The molecule has 1 fully saturated rings. The number of nitrogen functional groups attached to an aromatic ring is 1. The second-order valence-electron chi connectivity index (χ2n) is 10.6. The van der Waals surface area contributed by atoms with Crippen LogP contribution in [-0.4, -0.2) is 69.4 Å². The number of aliphatic hydroxyl groups is 2. The third-order valence-electron chi connectivity index (χ3n) is 8.29. The molecule has 11 heteroatoms. The highest BCUT2D eigenvalue weighted by molar-refractivity contribution is 5.81. The van der Waals surface area contributed by atoms with Crippen LogP contribution in [0.2, 0.25) is 0 Å². The normalized spacial score (nSPS) is 20.2. The van der Waals surface area contributed by atoms with Crippen molar-refractivity contribution >= 4 is 17.0 Å². The van der Waals surface area contributed by atoms with Gasteiger partial charge in [-0.05, 0) is 47.4 Å². The number of aliphatic hydroxyl groups excluding tert-OH is 2. The zero-order valence-corrected chi connectivity index (χ0v) is 24.5. The van der Waals surface area contributed by atoms with Gasteiger partial charge in [-0.3, -0.25) is 4.57 Å². The molecule has 44 heavy (non-hydrogen) atoms. The molecule has 3 heterocycles. The van der Waals surface area contributed by atoms with Crippen molar-refractivity contribution in [2.75, 3.05) is 33.2 Å². The van der Waals surface area contributed by atoms with Crippen molar-refractivity contribution in [1.82, 2.24) is 19.5 Å². The molecule has 0 saturated carbocycles. The van der Waals surface area contributed by atoms with Gasteiger partial charge in [0, 0.05) is 5.92 Å². The summed E-state index contributed by atoms with van der Waals surface area (Å²) in [7, 11) is 3.27. The number of methoxy groups -OCH3 is 2. The molecular formula is C33H35N5O6. The van der Waals surface area contributed by atoms with E-state index in [0.29, 0.717) is 17.6 Å². The SMILES string of the molecule is COc1ccc(C(OCC[C@H]2O[C@@H](n3cnc4c(N)ncnc43)[C@H](O)[C@@H]2CO)(c2ccccc2)c2ccc(OC)cc2)cc1. The molecule has 4 N–H and O–H groups in total. The molecule has 5 aromatic rings. The van der Waals surface area contributed by atoms with Crippen LogP contribution in [0.15, 0.2) is 91.5 Å². The third kappa shape index (κ3) is 5.24. The van der Waals surface area contributed by atoms with Gasteiger partial charge in [0.05, 0.1) is 39.9 Å². The Balaban J connectivity index is 1.33. The molecule has 11 nitrogen and oxygen atoms in total. The number of aromatic nitrogens is 4.